The van der Waals surface area contributed by atoms with E-state index in [1.165, 1.54) is 13.8 Å². The fraction of sp³-hybridized carbons (Fsp3) is 0.900. The molecule has 18 heavy (non-hydrogen) atoms. The van der Waals surface area contributed by atoms with Crippen LogP contribution in [0.4, 0.5) is 4.79 Å². The topological polar surface area (TPSA) is 108 Å². The first-order valence-electron chi connectivity index (χ1n) is 5.64. The van der Waals surface area contributed by atoms with Gasteiger partial charge in [-0.2, -0.15) is 0 Å². The smallest absolute Gasteiger partial charge is 0.405 e. The fourth-order valence-electron chi connectivity index (χ4n) is 1.30. The summed E-state index contributed by atoms with van der Waals surface area (Å²) < 4.78 is 25.6. The van der Waals surface area contributed by atoms with Crippen molar-refractivity contribution >= 4 is 14.3 Å². The second kappa shape index (κ2) is 7.09. The van der Waals surface area contributed by atoms with Gasteiger partial charge in [-0.25, -0.2) is 4.79 Å². The number of rotatable bonds is 8. The van der Waals surface area contributed by atoms with Crippen molar-refractivity contribution in [3.8, 4) is 0 Å². The van der Waals surface area contributed by atoms with Crippen molar-refractivity contribution in [1.82, 2.24) is 0 Å². The minimum absolute atomic E-state index is 0.208. The molecule has 0 aromatic rings. The normalized spacial score (nSPS) is 16.9. The van der Waals surface area contributed by atoms with E-state index in [9.17, 15) is 9.36 Å². The lowest BCUT2D eigenvalue weighted by Gasteiger charge is -2.30. The molecule has 1 amide bonds. The first-order chi connectivity index (χ1) is 8.10. The van der Waals surface area contributed by atoms with Crippen LogP contribution in [0.1, 0.15) is 40.5 Å². The molecule has 0 heterocycles. The van der Waals surface area contributed by atoms with Crippen molar-refractivity contribution in [3.05, 3.63) is 0 Å². The van der Waals surface area contributed by atoms with Gasteiger partial charge in [-0.05, 0) is 27.2 Å². The SMILES string of the molecule is CCC(C)(CCOC(C)(C)O[PH](=O)O)OC(N)=O. The third kappa shape index (κ3) is 7.66. The average Bonchev–Trinajstić information content (AvgIpc) is 2.13. The zero-order valence-corrected chi connectivity index (χ0v) is 12.2. The highest BCUT2D eigenvalue weighted by Crippen LogP contribution is 2.28. The Bertz CT molecular complexity index is 309. The Kier molecular flexibility index (Phi) is 6.84. The van der Waals surface area contributed by atoms with Crippen molar-refractivity contribution in [2.75, 3.05) is 6.61 Å². The monoisotopic (exact) mass is 283 g/mol. The van der Waals surface area contributed by atoms with Crippen LogP contribution in [0.15, 0.2) is 0 Å². The summed E-state index contributed by atoms with van der Waals surface area (Å²) in [5.41, 5.74) is 4.26. The van der Waals surface area contributed by atoms with Crippen LogP contribution < -0.4 is 5.73 Å². The molecule has 0 saturated heterocycles. The third-order valence-electron chi connectivity index (χ3n) is 2.51. The van der Waals surface area contributed by atoms with Crippen LogP contribution >= 0.6 is 8.25 Å². The van der Waals surface area contributed by atoms with E-state index < -0.39 is 25.7 Å². The summed E-state index contributed by atoms with van der Waals surface area (Å²) in [7, 11) is -3.06. The minimum Gasteiger partial charge on any atom is -0.443 e. The lowest BCUT2D eigenvalue weighted by molar-refractivity contribution is -0.164. The van der Waals surface area contributed by atoms with E-state index in [0.29, 0.717) is 12.8 Å². The molecule has 0 rings (SSSR count). The molecule has 0 aliphatic heterocycles. The molecule has 0 aliphatic carbocycles. The maximum atomic E-state index is 10.7. The number of hydrogen-bond acceptors (Lipinski definition) is 5. The van der Waals surface area contributed by atoms with Crippen molar-refractivity contribution in [2.24, 2.45) is 5.73 Å². The summed E-state index contributed by atoms with van der Waals surface area (Å²) in [5, 5.41) is 0. The molecule has 108 valence electrons. The largest absolute Gasteiger partial charge is 0.443 e. The number of amides is 1. The van der Waals surface area contributed by atoms with Crippen LogP contribution in [-0.2, 0) is 18.6 Å². The predicted molar refractivity (Wildman–Crippen MR) is 66.3 cm³/mol. The minimum atomic E-state index is -3.06. The van der Waals surface area contributed by atoms with Gasteiger partial charge in [-0.3, -0.25) is 9.09 Å². The van der Waals surface area contributed by atoms with Crippen LogP contribution in [0.3, 0.4) is 0 Å². The van der Waals surface area contributed by atoms with Crippen LogP contribution in [-0.4, -0.2) is 29.0 Å². The Hall–Kier alpha value is -0.620. The van der Waals surface area contributed by atoms with E-state index in [0.717, 1.165) is 0 Å². The second-order valence-corrected chi connectivity index (χ2v) is 5.33. The summed E-state index contributed by atoms with van der Waals surface area (Å²) in [6.07, 6.45) is 0.151. The third-order valence-corrected chi connectivity index (χ3v) is 3.17. The van der Waals surface area contributed by atoms with E-state index in [1.54, 1.807) is 6.92 Å². The quantitative estimate of drug-likeness (QED) is 0.519. The number of carbonyl (C=O) groups is 1. The van der Waals surface area contributed by atoms with Crippen LogP contribution in [0.25, 0.3) is 0 Å². The lowest BCUT2D eigenvalue weighted by Crippen LogP contribution is -2.36. The first kappa shape index (κ1) is 17.4. The molecule has 2 unspecified atom stereocenters. The van der Waals surface area contributed by atoms with Crippen molar-refractivity contribution in [1.29, 1.82) is 0 Å². The van der Waals surface area contributed by atoms with E-state index in [1.807, 2.05) is 6.92 Å². The first-order valence-corrected chi connectivity index (χ1v) is 6.91. The second-order valence-electron chi connectivity index (χ2n) is 4.59. The molecule has 0 spiro atoms. The number of carbonyl (C=O) groups excluding carboxylic acids is 1. The maximum Gasteiger partial charge on any atom is 0.405 e. The zero-order valence-electron chi connectivity index (χ0n) is 11.2. The number of primary amides is 1. The molecule has 0 fully saturated rings. The summed E-state index contributed by atoms with van der Waals surface area (Å²) in [4.78, 5) is 19.4. The van der Waals surface area contributed by atoms with Crippen LogP contribution in [0.5, 0.6) is 0 Å². The number of ether oxygens (including phenoxy) is 2. The van der Waals surface area contributed by atoms with Gasteiger partial charge >= 0.3 is 14.3 Å². The van der Waals surface area contributed by atoms with Gasteiger partial charge in [0.1, 0.15) is 5.60 Å². The van der Waals surface area contributed by atoms with Gasteiger partial charge in [0.15, 0.2) is 5.79 Å². The van der Waals surface area contributed by atoms with Crippen molar-refractivity contribution < 1.29 is 28.3 Å². The van der Waals surface area contributed by atoms with E-state index >= 15 is 0 Å². The Labute approximate surface area is 108 Å². The van der Waals surface area contributed by atoms with Crippen molar-refractivity contribution in [3.63, 3.8) is 0 Å². The molecule has 0 bridgehead atoms. The molecule has 0 radical (unpaired) electrons. The highest BCUT2D eigenvalue weighted by Gasteiger charge is 2.28. The van der Waals surface area contributed by atoms with Crippen molar-refractivity contribution in [2.45, 2.75) is 51.9 Å². The van der Waals surface area contributed by atoms with Gasteiger partial charge in [-0.1, -0.05) is 6.92 Å². The predicted octanol–water partition coefficient (Wildman–Crippen LogP) is 1.79. The molecule has 8 heteroatoms. The highest BCUT2D eigenvalue weighted by atomic mass is 31.1. The Balaban J connectivity index is 4.22. The molecule has 3 N–H and O–H groups in total. The molecule has 0 saturated carbocycles. The van der Waals surface area contributed by atoms with Gasteiger partial charge < -0.3 is 20.1 Å². The summed E-state index contributed by atoms with van der Waals surface area (Å²) in [6, 6.07) is 0. The highest BCUT2D eigenvalue weighted by molar-refractivity contribution is 7.32. The van der Waals surface area contributed by atoms with Gasteiger partial charge in [-0.15, -0.1) is 0 Å². The molecule has 0 aromatic heterocycles. The molecular formula is C10H22NO6P. The number of hydrogen-bond donors (Lipinski definition) is 2. The maximum absolute atomic E-state index is 10.7. The molecule has 7 nitrogen and oxygen atoms in total. The van der Waals surface area contributed by atoms with Crippen LogP contribution in [0.2, 0.25) is 0 Å². The average molecular weight is 283 g/mol. The molecule has 0 aromatic carbocycles. The summed E-state index contributed by atoms with van der Waals surface area (Å²) >= 11 is 0. The fourth-order valence-corrected chi connectivity index (χ4v) is 1.77. The van der Waals surface area contributed by atoms with Gasteiger partial charge in [0.05, 0.1) is 6.61 Å². The van der Waals surface area contributed by atoms with E-state index in [4.69, 9.17) is 24.6 Å². The molecule has 0 aliphatic rings. The lowest BCUT2D eigenvalue weighted by atomic mass is 9.99. The molecular weight excluding hydrogens is 261 g/mol. The number of nitrogens with two attached hydrogens (primary N) is 1. The summed E-state index contributed by atoms with van der Waals surface area (Å²) in [5.74, 6) is -1.16. The zero-order chi connectivity index (χ0) is 14.4. The Morgan fingerprint density at radius 1 is 1.39 bits per heavy atom. The van der Waals surface area contributed by atoms with Crippen LogP contribution in [0, 0.1) is 0 Å². The van der Waals surface area contributed by atoms with Gasteiger partial charge in [0.25, 0.3) is 0 Å². The molecule has 2 atom stereocenters. The Morgan fingerprint density at radius 2 is 1.94 bits per heavy atom. The van der Waals surface area contributed by atoms with Gasteiger partial charge in [0.2, 0.25) is 0 Å². The van der Waals surface area contributed by atoms with E-state index in [2.05, 4.69) is 0 Å². The Morgan fingerprint density at radius 3 is 2.33 bits per heavy atom. The van der Waals surface area contributed by atoms with Gasteiger partial charge in [0, 0.05) is 6.42 Å². The summed E-state index contributed by atoms with van der Waals surface area (Å²) in [6.45, 7) is 6.87. The van der Waals surface area contributed by atoms with E-state index in [-0.39, 0.29) is 6.61 Å². The standard InChI is InChI=1S/C10H22NO6P/c1-5-10(4,16-8(11)12)6-7-15-9(2,3)17-18(13)14/h18H,5-7H2,1-4H3,(H2,11,12)(H,13,14).